The summed E-state index contributed by atoms with van der Waals surface area (Å²) < 4.78 is 37.7. The quantitative estimate of drug-likeness (QED) is 0.759. The Kier molecular flexibility index (Phi) is 3.88. The lowest BCUT2D eigenvalue weighted by Crippen LogP contribution is -2.62. The molecule has 0 radical (unpaired) electrons. The zero-order valence-electron chi connectivity index (χ0n) is 10.7. The molecule has 0 saturated carbocycles. The van der Waals surface area contributed by atoms with Crippen molar-refractivity contribution >= 4 is 11.8 Å². The highest BCUT2D eigenvalue weighted by Crippen LogP contribution is 2.29. The van der Waals surface area contributed by atoms with Crippen LogP contribution in [0.1, 0.15) is 19.3 Å². The number of piperidine rings is 1. The van der Waals surface area contributed by atoms with Crippen molar-refractivity contribution in [3.05, 3.63) is 0 Å². The van der Waals surface area contributed by atoms with Gasteiger partial charge in [0.2, 0.25) is 11.8 Å². The van der Waals surface area contributed by atoms with Gasteiger partial charge in [-0.05, 0) is 19.3 Å². The van der Waals surface area contributed by atoms with Crippen molar-refractivity contribution in [2.75, 3.05) is 19.6 Å². The van der Waals surface area contributed by atoms with Crippen LogP contribution >= 0.6 is 0 Å². The largest absolute Gasteiger partial charge is 0.406 e. The molecule has 2 saturated heterocycles. The molecule has 0 spiro atoms. The van der Waals surface area contributed by atoms with Gasteiger partial charge in [-0.15, -0.1) is 0 Å². The van der Waals surface area contributed by atoms with Crippen LogP contribution in [0.3, 0.4) is 0 Å². The maximum atomic E-state index is 12.6. The molecule has 2 rings (SSSR count). The second kappa shape index (κ2) is 5.31. The molecular formula is C12H14F3N3O2. The second-order valence-corrected chi connectivity index (χ2v) is 5.04. The Morgan fingerprint density at radius 2 is 2.05 bits per heavy atom. The first kappa shape index (κ1) is 14.6. The number of halogens is 3. The normalized spacial score (nSPS) is 25.2. The van der Waals surface area contributed by atoms with Crippen molar-refractivity contribution < 1.29 is 22.8 Å². The van der Waals surface area contributed by atoms with Gasteiger partial charge < -0.3 is 9.80 Å². The number of nitrogens with zero attached hydrogens (tertiary/aromatic N) is 3. The summed E-state index contributed by atoms with van der Waals surface area (Å²) in [5.41, 5.74) is 0. The molecule has 0 aromatic heterocycles. The standard InChI is InChI=1S/C12H14F3N3O2/c13-12(14,15)8(5-16)6-17-7-10(19)18-4-2-1-3-9(18)11(17)20/h8-9H,1-4,6-7H2. The van der Waals surface area contributed by atoms with E-state index in [2.05, 4.69) is 0 Å². The molecule has 2 fully saturated rings. The van der Waals surface area contributed by atoms with Crippen LogP contribution in [-0.4, -0.2) is 53.5 Å². The fourth-order valence-corrected chi connectivity index (χ4v) is 2.62. The Balaban J connectivity index is 2.11. The Labute approximate surface area is 113 Å². The molecule has 0 aromatic rings. The summed E-state index contributed by atoms with van der Waals surface area (Å²) in [4.78, 5) is 26.3. The van der Waals surface area contributed by atoms with E-state index < -0.39 is 30.6 Å². The van der Waals surface area contributed by atoms with Crippen molar-refractivity contribution in [3.8, 4) is 6.07 Å². The number of hydrogen-bond acceptors (Lipinski definition) is 3. The first-order valence-electron chi connectivity index (χ1n) is 6.39. The molecule has 2 unspecified atom stereocenters. The number of amides is 2. The minimum absolute atomic E-state index is 0.340. The monoisotopic (exact) mass is 289 g/mol. The van der Waals surface area contributed by atoms with Crippen molar-refractivity contribution in [3.63, 3.8) is 0 Å². The molecule has 2 aliphatic heterocycles. The topological polar surface area (TPSA) is 64.4 Å². The minimum atomic E-state index is -4.69. The Hall–Kier alpha value is -1.78. The molecule has 0 bridgehead atoms. The van der Waals surface area contributed by atoms with Gasteiger partial charge in [0.25, 0.3) is 0 Å². The van der Waals surface area contributed by atoms with Gasteiger partial charge in [0, 0.05) is 13.1 Å². The summed E-state index contributed by atoms with van der Waals surface area (Å²) in [6.45, 7) is -0.664. The average molecular weight is 289 g/mol. The van der Waals surface area contributed by atoms with Crippen LogP contribution in [0.2, 0.25) is 0 Å². The van der Waals surface area contributed by atoms with E-state index in [-0.39, 0.29) is 12.5 Å². The van der Waals surface area contributed by atoms with E-state index in [0.717, 1.165) is 23.8 Å². The molecule has 110 valence electrons. The highest BCUT2D eigenvalue weighted by atomic mass is 19.4. The zero-order chi connectivity index (χ0) is 14.9. The van der Waals surface area contributed by atoms with E-state index in [0.29, 0.717) is 13.0 Å². The number of nitriles is 1. The predicted octanol–water partition coefficient (Wildman–Crippen LogP) is 0.912. The molecule has 2 amide bonds. The predicted molar refractivity (Wildman–Crippen MR) is 61.1 cm³/mol. The van der Waals surface area contributed by atoms with Crippen LogP contribution in [0.15, 0.2) is 0 Å². The van der Waals surface area contributed by atoms with E-state index in [9.17, 15) is 22.8 Å². The zero-order valence-corrected chi connectivity index (χ0v) is 10.7. The summed E-state index contributed by atoms with van der Waals surface area (Å²) in [5.74, 6) is -3.07. The van der Waals surface area contributed by atoms with Gasteiger partial charge in [-0.1, -0.05) is 0 Å². The number of carbonyl (C=O) groups excluding carboxylic acids is 2. The minimum Gasteiger partial charge on any atom is -0.330 e. The first-order chi connectivity index (χ1) is 9.34. The van der Waals surface area contributed by atoms with Crippen LogP contribution in [0.25, 0.3) is 0 Å². The Morgan fingerprint density at radius 1 is 1.35 bits per heavy atom. The molecular weight excluding hydrogens is 275 g/mol. The van der Waals surface area contributed by atoms with Crippen molar-refractivity contribution in [2.45, 2.75) is 31.5 Å². The van der Waals surface area contributed by atoms with E-state index in [4.69, 9.17) is 5.26 Å². The summed E-state index contributed by atoms with van der Waals surface area (Å²) in [5, 5.41) is 8.57. The number of piperazine rings is 1. The summed E-state index contributed by atoms with van der Waals surface area (Å²) in [6.07, 6.45) is -2.64. The van der Waals surface area contributed by atoms with Crippen LogP contribution in [0.4, 0.5) is 13.2 Å². The third-order valence-corrected chi connectivity index (χ3v) is 3.70. The number of rotatable bonds is 2. The lowest BCUT2D eigenvalue weighted by molar-refractivity contribution is -0.173. The van der Waals surface area contributed by atoms with E-state index in [1.54, 1.807) is 0 Å². The second-order valence-electron chi connectivity index (χ2n) is 5.04. The van der Waals surface area contributed by atoms with Gasteiger partial charge in [-0.2, -0.15) is 18.4 Å². The molecule has 5 nitrogen and oxygen atoms in total. The van der Waals surface area contributed by atoms with Crippen molar-refractivity contribution in [1.29, 1.82) is 5.26 Å². The van der Waals surface area contributed by atoms with E-state index in [1.807, 2.05) is 0 Å². The maximum absolute atomic E-state index is 12.6. The van der Waals surface area contributed by atoms with Crippen LogP contribution in [0, 0.1) is 17.2 Å². The fraction of sp³-hybridized carbons (Fsp3) is 0.750. The Bertz CT molecular complexity index is 458. The SMILES string of the molecule is N#CC(CN1CC(=O)N2CCCCC2C1=O)C(F)(F)F. The van der Waals surface area contributed by atoms with Crippen LogP contribution in [0.5, 0.6) is 0 Å². The number of hydrogen-bond donors (Lipinski definition) is 0. The third-order valence-electron chi connectivity index (χ3n) is 3.70. The maximum Gasteiger partial charge on any atom is 0.406 e. The van der Waals surface area contributed by atoms with Gasteiger partial charge in [0.05, 0.1) is 12.6 Å². The first-order valence-corrected chi connectivity index (χ1v) is 6.39. The molecule has 0 aromatic carbocycles. The molecule has 2 atom stereocenters. The fourth-order valence-electron chi connectivity index (χ4n) is 2.62. The van der Waals surface area contributed by atoms with Gasteiger partial charge in [0.15, 0.2) is 5.92 Å². The Morgan fingerprint density at radius 3 is 2.65 bits per heavy atom. The molecule has 2 heterocycles. The third kappa shape index (κ3) is 2.71. The lowest BCUT2D eigenvalue weighted by atomic mass is 9.97. The molecule has 2 aliphatic rings. The number of alkyl halides is 3. The van der Waals surface area contributed by atoms with Crippen LogP contribution < -0.4 is 0 Å². The summed E-state index contributed by atoms with van der Waals surface area (Å²) in [7, 11) is 0. The van der Waals surface area contributed by atoms with Gasteiger partial charge in [-0.25, -0.2) is 0 Å². The molecule has 0 N–H and O–H groups in total. The summed E-state index contributed by atoms with van der Waals surface area (Å²) in [6, 6.07) is 0.498. The van der Waals surface area contributed by atoms with E-state index in [1.165, 1.54) is 4.90 Å². The highest BCUT2D eigenvalue weighted by Gasteiger charge is 2.46. The highest BCUT2D eigenvalue weighted by molar-refractivity contribution is 5.95. The number of fused-ring (bicyclic) bond motifs is 1. The number of carbonyl (C=O) groups is 2. The smallest absolute Gasteiger partial charge is 0.330 e. The summed E-state index contributed by atoms with van der Waals surface area (Å²) >= 11 is 0. The van der Waals surface area contributed by atoms with E-state index >= 15 is 0 Å². The van der Waals surface area contributed by atoms with Crippen molar-refractivity contribution in [1.82, 2.24) is 9.80 Å². The van der Waals surface area contributed by atoms with Gasteiger partial charge in [-0.3, -0.25) is 9.59 Å². The van der Waals surface area contributed by atoms with Gasteiger partial charge in [0.1, 0.15) is 6.04 Å². The molecule has 20 heavy (non-hydrogen) atoms. The van der Waals surface area contributed by atoms with Gasteiger partial charge >= 0.3 is 6.18 Å². The van der Waals surface area contributed by atoms with Crippen molar-refractivity contribution in [2.24, 2.45) is 5.92 Å². The lowest BCUT2D eigenvalue weighted by Gasteiger charge is -2.43. The molecule has 8 heteroatoms. The van der Waals surface area contributed by atoms with Crippen LogP contribution in [-0.2, 0) is 9.59 Å². The molecule has 0 aliphatic carbocycles. The average Bonchev–Trinajstić information content (AvgIpc) is 2.40.